The van der Waals surface area contributed by atoms with Crippen LogP contribution in [0.4, 0.5) is 10.1 Å². The molecule has 0 unspecified atom stereocenters. The Morgan fingerprint density at radius 2 is 2.00 bits per heavy atom. The SMILES string of the molecule is O=C(Cc1cc(-c2ccccc2F)on1)Nc1cccc(Br)c1. The number of nitrogens with zero attached hydrogens (tertiary/aromatic N) is 1. The predicted octanol–water partition coefficient (Wildman–Crippen LogP) is 4.42. The third-order valence-corrected chi connectivity index (χ3v) is 3.64. The number of benzene rings is 2. The second kappa shape index (κ2) is 6.75. The second-order valence-corrected chi connectivity index (χ2v) is 5.81. The van der Waals surface area contributed by atoms with Gasteiger partial charge in [-0.15, -0.1) is 0 Å². The number of nitrogens with one attached hydrogen (secondary N) is 1. The minimum absolute atomic E-state index is 0.0461. The Morgan fingerprint density at radius 3 is 2.78 bits per heavy atom. The molecule has 0 atom stereocenters. The number of hydrogen-bond acceptors (Lipinski definition) is 3. The van der Waals surface area contributed by atoms with Crippen molar-refractivity contribution in [3.63, 3.8) is 0 Å². The number of carbonyl (C=O) groups excluding carboxylic acids is 1. The molecule has 3 aromatic rings. The Bertz CT molecular complexity index is 848. The second-order valence-electron chi connectivity index (χ2n) is 4.90. The molecular weight excluding hydrogens is 363 g/mol. The van der Waals surface area contributed by atoms with Crippen molar-refractivity contribution in [2.24, 2.45) is 0 Å². The molecule has 0 saturated heterocycles. The van der Waals surface area contributed by atoms with Gasteiger partial charge in [-0.05, 0) is 30.3 Å². The summed E-state index contributed by atoms with van der Waals surface area (Å²) >= 11 is 3.34. The number of anilines is 1. The van der Waals surface area contributed by atoms with E-state index in [1.165, 1.54) is 6.07 Å². The molecule has 1 heterocycles. The van der Waals surface area contributed by atoms with Gasteiger partial charge in [-0.2, -0.15) is 0 Å². The maximum atomic E-state index is 13.7. The van der Waals surface area contributed by atoms with Crippen LogP contribution >= 0.6 is 15.9 Å². The molecule has 0 radical (unpaired) electrons. The number of hydrogen-bond donors (Lipinski definition) is 1. The van der Waals surface area contributed by atoms with Crippen LogP contribution in [-0.2, 0) is 11.2 Å². The van der Waals surface area contributed by atoms with Crippen LogP contribution in [-0.4, -0.2) is 11.1 Å². The van der Waals surface area contributed by atoms with E-state index in [1.54, 1.807) is 36.4 Å². The standard InChI is InChI=1S/C17H12BrFN2O2/c18-11-4-3-5-12(8-11)20-17(22)10-13-9-16(23-21-13)14-6-1-2-7-15(14)19/h1-9H,10H2,(H,20,22). The van der Waals surface area contributed by atoms with Gasteiger partial charge in [0.05, 0.1) is 17.7 Å². The smallest absolute Gasteiger partial charge is 0.230 e. The Morgan fingerprint density at radius 1 is 1.17 bits per heavy atom. The minimum Gasteiger partial charge on any atom is -0.356 e. The van der Waals surface area contributed by atoms with Gasteiger partial charge >= 0.3 is 0 Å². The van der Waals surface area contributed by atoms with E-state index in [0.717, 1.165) is 4.47 Å². The molecule has 3 rings (SSSR count). The summed E-state index contributed by atoms with van der Waals surface area (Å²) in [6, 6.07) is 15.1. The quantitative estimate of drug-likeness (QED) is 0.734. The zero-order valence-electron chi connectivity index (χ0n) is 11.9. The number of rotatable bonds is 4. The molecule has 6 heteroatoms. The average molecular weight is 375 g/mol. The van der Waals surface area contributed by atoms with Crippen LogP contribution in [0.25, 0.3) is 11.3 Å². The summed E-state index contributed by atoms with van der Waals surface area (Å²) in [6.45, 7) is 0. The van der Waals surface area contributed by atoms with Gasteiger partial charge < -0.3 is 9.84 Å². The number of carbonyl (C=O) groups is 1. The Balaban J connectivity index is 1.69. The third kappa shape index (κ3) is 3.84. The highest BCUT2D eigenvalue weighted by molar-refractivity contribution is 9.10. The molecule has 116 valence electrons. The first kappa shape index (κ1) is 15.4. The van der Waals surface area contributed by atoms with Gasteiger partial charge in [-0.3, -0.25) is 4.79 Å². The monoisotopic (exact) mass is 374 g/mol. The lowest BCUT2D eigenvalue weighted by atomic mass is 10.1. The molecular formula is C17H12BrFN2O2. The number of aromatic nitrogens is 1. The topological polar surface area (TPSA) is 55.1 Å². The summed E-state index contributed by atoms with van der Waals surface area (Å²) < 4.78 is 19.7. The van der Waals surface area contributed by atoms with E-state index < -0.39 is 5.82 Å². The first-order valence-electron chi connectivity index (χ1n) is 6.88. The van der Waals surface area contributed by atoms with Gasteiger partial charge in [-0.25, -0.2) is 4.39 Å². The zero-order chi connectivity index (χ0) is 16.2. The fourth-order valence-corrected chi connectivity index (χ4v) is 2.52. The van der Waals surface area contributed by atoms with Crippen molar-refractivity contribution >= 4 is 27.5 Å². The van der Waals surface area contributed by atoms with Crippen molar-refractivity contribution in [2.75, 3.05) is 5.32 Å². The van der Waals surface area contributed by atoms with E-state index in [-0.39, 0.29) is 12.3 Å². The minimum atomic E-state index is -0.395. The molecule has 1 N–H and O–H groups in total. The molecule has 0 aliphatic rings. The predicted molar refractivity (Wildman–Crippen MR) is 88.4 cm³/mol. The Labute approximate surface area is 140 Å². The van der Waals surface area contributed by atoms with Crippen molar-refractivity contribution in [2.45, 2.75) is 6.42 Å². The van der Waals surface area contributed by atoms with E-state index >= 15 is 0 Å². The molecule has 4 nitrogen and oxygen atoms in total. The van der Waals surface area contributed by atoms with Crippen molar-refractivity contribution in [3.05, 3.63) is 70.6 Å². The van der Waals surface area contributed by atoms with Gasteiger partial charge in [0.1, 0.15) is 5.82 Å². The van der Waals surface area contributed by atoms with Crippen LogP contribution < -0.4 is 5.32 Å². The van der Waals surface area contributed by atoms with Gasteiger partial charge in [0.25, 0.3) is 0 Å². The van der Waals surface area contributed by atoms with Gasteiger partial charge in [0, 0.05) is 16.2 Å². The van der Waals surface area contributed by atoms with Gasteiger partial charge in [-0.1, -0.05) is 39.3 Å². The highest BCUT2D eigenvalue weighted by atomic mass is 79.9. The lowest BCUT2D eigenvalue weighted by Crippen LogP contribution is -2.14. The van der Waals surface area contributed by atoms with Crippen LogP contribution in [0.1, 0.15) is 5.69 Å². The summed E-state index contributed by atoms with van der Waals surface area (Å²) in [5.74, 6) is -0.321. The van der Waals surface area contributed by atoms with E-state index in [0.29, 0.717) is 22.7 Å². The molecule has 2 aromatic carbocycles. The fourth-order valence-electron chi connectivity index (χ4n) is 2.12. The summed E-state index contributed by atoms with van der Waals surface area (Å²) in [6.07, 6.45) is 0.0461. The summed E-state index contributed by atoms with van der Waals surface area (Å²) in [5, 5.41) is 6.59. The molecule has 0 fully saturated rings. The van der Waals surface area contributed by atoms with E-state index in [2.05, 4.69) is 26.4 Å². The van der Waals surface area contributed by atoms with Crippen LogP contribution in [0.2, 0.25) is 0 Å². The highest BCUT2D eigenvalue weighted by Crippen LogP contribution is 2.23. The maximum absolute atomic E-state index is 13.7. The highest BCUT2D eigenvalue weighted by Gasteiger charge is 2.13. The van der Waals surface area contributed by atoms with Gasteiger partial charge in [0.15, 0.2) is 5.76 Å². The largest absolute Gasteiger partial charge is 0.356 e. The molecule has 1 aromatic heterocycles. The Kier molecular flexibility index (Phi) is 4.52. The molecule has 1 amide bonds. The lowest BCUT2D eigenvalue weighted by Gasteiger charge is -2.03. The van der Waals surface area contributed by atoms with Crippen LogP contribution in [0.15, 0.2) is 63.6 Å². The molecule has 0 aliphatic carbocycles. The summed E-state index contributed by atoms with van der Waals surface area (Å²) in [7, 11) is 0. The van der Waals surface area contributed by atoms with Crippen molar-refractivity contribution < 1.29 is 13.7 Å². The van der Waals surface area contributed by atoms with Gasteiger partial charge in [0.2, 0.25) is 5.91 Å². The average Bonchev–Trinajstić information content (AvgIpc) is 2.95. The van der Waals surface area contributed by atoms with Crippen molar-refractivity contribution in [3.8, 4) is 11.3 Å². The number of amides is 1. The van der Waals surface area contributed by atoms with E-state index in [9.17, 15) is 9.18 Å². The summed E-state index contributed by atoms with van der Waals surface area (Å²) in [4.78, 5) is 12.0. The van der Waals surface area contributed by atoms with Crippen LogP contribution in [0.5, 0.6) is 0 Å². The van der Waals surface area contributed by atoms with Crippen molar-refractivity contribution in [1.82, 2.24) is 5.16 Å². The van der Waals surface area contributed by atoms with Crippen molar-refractivity contribution in [1.29, 1.82) is 0 Å². The van der Waals surface area contributed by atoms with E-state index in [1.807, 2.05) is 12.1 Å². The third-order valence-electron chi connectivity index (χ3n) is 3.15. The molecule has 0 bridgehead atoms. The molecule has 0 aliphatic heterocycles. The Hall–Kier alpha value is -2.47. The lowest BCUT2D eigenvalue weighted by molar-refractivity contribution is -0.115. The zero-order valence-corrected chi connectivity index (χ0v) is 13.5. The normalized spacial score (nSPS) is 10.5. The maximum Gasteiger partial charge on any atom is 0.230 e. The number of halogens is 2. The first-order chi connectivity index (χ1) is 11.1. The fraction of sp³-hybridized carbons (Fsp3) is 0.0588. The molecule has 0 saturated carbocycles. The summed E-state index contributed by atoms with van der Waals surface area (Å²) in [5.41, 5.74) is 1.44. The van der Waals surface area contributed by atoms with Crippen LogP contribution in [0, 0.1) is 5.82 Å². The van der Waals surface area contributed by atoms with E-state index in [4.69, 9.17) is 4.52 Å². The molecule has 23 heavy (non-hydrogen) atoms. The first-order valence-corrected chi connectivity index (χ1v) is 7.67. The van der Waals surface area contributed by atoms with Crippen LogP contribution in [0.3, 0.4) is 0 Å². The molecule has 0 spiro atoms.